The number of aromatic nitrogens is 1. The maximum absolute atomic E-state index is 6.13. The second-order valence-corrected chi connectivity index (χ2v) is 7.90. The Kier molecular flexibility index (Phi) is 8.78. The van der Waals surface area contributed by atoms with Gasteiger partial charge in [-0.1, -0.05) is 29.8 Å². The van der Waals surface area contributed by atoms with Gasteiger partial charge in [-0.05, 0) is 49.9 Å². The van der Waals surface area contributed by atoms with Gasteiger partial charge in [-0.15, -0.1) is 0 Å². The number of nitrogens with zero attached hydrogens (tertiary/aromatic N) is 2. The van der Waals surface area contributed by atoms with Gasteiger partial charge >= 0.3 is 0 Å². The quantitative estimate of drug-likeness (QED) is 0.360. The van der Waals surface area contributed by atoms with E-state index in [0.29, 0.717) is 24.2 Å². The Bertz CT molecular complexity index is 820. The van der Waals surface area contributed by atoms with Gasteiger partial charge in [0.25, 0.3) is 0 Å². The number of aliphatic imine (C=N–C) groups is 1. The van der Waals surface area contributed by atoms with E-state index in [1.165, 1.54) is 5.56 Å². The fourth-order valence-electron chi connectivity index (χ4n) is 3.23. The minimum atomic E-state index is 0.475. The molecule has 3 rings (SSSR count). The molecule has 2 N–H and O–H groups in total. The maximum Gasteiger partial charge on any atom is 0.191 e. The lowest BCUT2D eigenvalue weighted by molar-refractivity contribution is 0.166. The molecule has 0 spiro atoms. The van der Waals surface area contributed by atoms with Crippen molar-refractivity contribution in [3.05, 3.63) is 58.4 Å². The lowest BCUT2D eigenvalue weighted by Crippen LogP contribution is -2.38. The summed E-state index contributed by atoms with van der Waals surface area (Å²) in [5, 5.41) is 7.20. The molecular formula is C23H31ClN4O2. The second kappa shape index (κ2) is 11.8. The summed E-state index contributed by atoms with van der Waals surface area (Å²) in [7, 11) is 0. The number of pyridine rings is 1. The van der Waals surface area contributed by atoms with Crippen LogP contribution in [0.4, 0.5) is 0 Å². The molecule has 1 aliphatic heterocycles. The Morgan fingerprint density at radius 2 is 2.20 bits per heavy atom. The molecule has 1 fully saturated rings. The average Bonchev–Trinajstić information content (AvgIpc) is 3.26. The van der Waals surface area contributed by atoms with E-state index in [1.807, 2.05) is 12.1 Å². The van der Waals surface area contributed by atoms with Gasteiger partial charge in [0.2, 0.25) is 0 Å². The van der Waals surface area contributed by atoms with Crippen LogP contribution < -0.4 is 15.4 Å². The first-order chi connectivity index (χ1) is 14.6. The number of benzene rings is 1. The zero-order chi connectivity index (χ0) is 21.2. The van der Waals surface area contributed by atoms with Crippen molar-refractivity contribution >= 4 is 17.6 Å². The van der Waals surface area contributed by atoms with Crippen molar-refractivity contribution < 1.29 is 9.47 Å². The third-order valence-corrected chi connectivity index (χ3v) is 5.19. The Morgan fingerprint density at radius 3 is 2.93 bits per heavy atom. The Labute approximate surface area is 184 Å². The zero-order valence-electron chi connectivity index (χ0n) is 17.8. The fraction of sp³-hybridized carbons (Fsp3) is 0.478. The summed E-state index contributed by atoms with van der Waals surface area (Å²) in [6.07, 6.45) is 3.72. The number of guanidine groups is 1. The van der Waals surface area contributed by atoms with Crippen molar-refractivity contribution in [2.45, 2.75) is 33.2 Å². The molecule has 0 aliphatic carbocycles. The van der Waals surface area contributed by atoms with Crippen LogP contribution >= 0.6 is 11.6 Å². The van der Waals surface area contributed by atoms with Crippen LogP contribution in [0, 0.1) is 12.8 Å². The van der Waals surface area contributed by atoms with E-state index in [2.05, 4.69) is 47.7 Å². The minimum Gasteiger partial charge on any atom is -0.493 e. The molecule has 6 nitrogen and oxygen atoms in total. The summed E-state index contributed by atoms with van der Waals surface area (Å²) in [6.45, 7) is 8.56. The van der Waals surface area contributed by atoms with Crippen LogP contribution in [0.15, 0.2) is 41.5 Å². The lowest BCUT2D eigenvalue weighted by atomic mass is 10.1. The largest absolute Gasteiger partial charge is 0.493 e. The number of ether oxygens (including phenoxy) is 2. The van der Waals surface area contributed by atoms with Crippen LogP contribution in [0.2, 0.25) is 5.15 Å². The summed E-state index contributed by atoms with van der Waals surface area (Å²) < 4.78 is 11.6. The van der Waals surface area contributed by atoms with Crippen molar-refractivity contribution in [3.8, 4) is 5.75 Å². The van der Waals surface area contributed by atoms with E-state index in [1.54, 1.807) is 6.20 Å². The highest BCUT2D eigenvalue weighted by atomic mass is 35.5. The number of hydrogen-bond donors (Lipinski definition) is 2. The molecule has 1 unspecified atom stereocenters. The van der Waals surface area contributed by atoms with Gasteiger partial charge in [0.15, 0.2) is 5.96 Å². The zero-order valence-corrected chi connectivity index (χ0v) is 18.5. The van der Waals surface area contributed by atoms with Crippen molar-refractivity contribution in [3.63, 3.8) is 0 Å². The van der Waals surface area contributed by atoms with Crippen LogP contribution in [0.1, 0.15) is 30.0 Å². The number of halogens is 1. The van der Waals surface area contributed by atoms with Crippen LogP contribution in [0.5, 0.6) is 5.75 Å². The van der Waals surface area contributed by atoms with Crippen LogP contribution in [-0.4, -0.2) is 43.9 Å². The molecule has 0 bridgehead atoms. The van der Waals surface area contributed by atoms with E-state index in [0.717, 1.165) is 62.0 Å². The topological polar surface area (TPSA) is 67.8 Å². The SMILES string of the molecule is CCNC(=NCc1ccc(C)cc1OCC1CCOC1)NCCc1ccc(Cl)nc1. The number of rotatable bonds is 9. The van der Waals surface area contributed by atoms with E-state index < -0.39 is 0 Å². The van der Waals surface area contributed by atoms with E-state index in [4.69, 9.17) is 26.1 Å². The van der Waals surface area contributed by atoms with Gasteiger partial charge in [0, 0.05) is 37.4 Å². The molecule has 0 radical (unpaired) electrons. The summed E-state index contributed by atoms with van der Waals surface area (Å²) in [4.78, 5) is 8.87. The van der Waals surface area contributed by atoms with Crippen molar-refractivity contribution in [1.29, 1.82) is 0 Å². The van der Waals surface area contributed by atoms with E-state index in [-0.39, 0.29) is 0 Å². The van der Waals surface area contributed by atoms with E-state index >= 15 is 0 Å². The molecule has 1 aromatic heterocycles. The van der Waals surface area contributed by atoms with Gasteiger partial charge in [-0.2, -0.15) is 0 Å². The maximum atomic E-state index is 6.13. The minimum absolute atomic E-state index is 0.475. The highest BCUT2D eigenvalue weighted by molar-refractivity contribution is 6.29. The second-order valence-electron chi connectivity index (χ2n) is 7.51. The molecule has 2 heterocycles. The van der Waals surface area contributed by atoms with Gasteiger partial charge < -0.3 is 20.1 Å². The molecule has 2 aromatic rings. The molecule has 1 atom stereocenters. The van der Waals surface area contributed by atoms with E-state index in [9.17, 15) is 0 Å². The molecule has 1 aromatic carbocycles. The molecule has 1 aliphatic rings. The normalized spacial score (nSPS) is 16.5. The lowest BCUT2D eigenvalue weighted by Gasteiger charge is -2.15. The molecule has 1 saturated heterocycles. The molecule has 0 amide bonds. The van der Waals surface area contributed by atoms with Crippen molar-refractivity contribution in [2.24, 2.45) is 10.9 Å². The smallest absolute Gasteiger partial charge is 0.191 e. The third kappa shape index (κ3) is 7.18. The Hall–Kier alpha value is -2.31. The standard InChI is InChI=1S/C23H31ClN4O2/c1-3-25-23(26-10-8-18-5-7-22(24)27-13-18)28-14-20-6-4-17(2)12-21(20)30-16-19-9-11-29-15-19/h4-7,12-13,19H,3,8-11,14-16H2,1-2H3,(H2,25,26,28). The predicted molar refractivity (Wildman–Crippen MR) is 121 cm³/mol. The summed E-state index contributed by atoms with van der Waals surface area (Å²) in [6, 6.07) is 10.1. The fourth-order valence-corrected chi connectivity index (χ4v) is 3.35. The summed E-state index contributed by atoms with van der Waals surface area (Å²) >= 11 is 5.85. The summed E-state index contributed by atoms with van der Waals surface area (Å²) in [5.74, 6) is 2.17. The molecular weight excluding hydrogens is 400 g/mol. The number of hydrogen-bond acceptors (Lipinski definition) is 4. The van der Waals surface area contributed by atoms with Crippen molar-refractivity contribution in [2.75, 3.05) is 32.9 Å². The number of nitrogens with one attached hydrogen (secondary N) is 2. The highest BCUT2D eigenvalue weighted by Crippen LogP contribution is 2.23. The monoisotopic (exact) mass is 430 g/mol. The predicted octanol–water partition coefficient (Wildman–Crippen LogP) is 3.76. The van der Waals surface area contributed by atoms with Crippen LogP contribution in [0.3, 0.4) is 0 Å². The third-order valence-electron chi connectivity index (χ3n) is 4.97. The molecule has 7 heteroatoms. The average molecular weight is 431 g/mol. The molecule has 162 valence electrons. The van der Waals surface area contributed by atoms with Gasteiger partial charge in [0.05, 0.1) is 19.8 Å². The first-order valence-electron chi connectivity index (χ1n) is 10.6. The Morgan fingerprint density at radius 1 is 1.30 bits per heavy atom. The first-order valence-corrected chi connectivity index (χ1v) is 10.9. The number of aryl methyl sites for hydroxylation is 1. The van der Waals surface area contributed by atoms with Crippen LogP contribution in [0.25, 0.3) is 0 Å². The van der Waals surface area contributed by atoms with Crippen LogP contribution in [-0.2, 0) is 17.7 Å². The Balaban J connectivity index is 1.58. The van der Waals surface area contributed by atoms with Gasteiger partial charge in [0.1, 0.15) is 10.9 Å². The summed E-state index contributed by atoms with van der Waals surface area (Å²) in [5.41, 5.74) is 3.40. The first kappa shape index (κ1) is 22.4. The molecule has 0 saturated carbocycles. The highest BCUT2D eigenvalue weighted by Gasteiger charge is 2.17. The van der Waals surface area contributed by atoms with Crippen molar-refractivity contribution in [1.82, 2.24) is 15.6 Å². The van der Waals surface area contributed by atoms with Gasteiger partial charge in [-0.3, -0.25) is 0 Å². The molecule has 30 heavy (non-hydrogen) atoms. The van der Waals surface area contributed by atoms with Gasteiger partial charge in [-0.25, -0.2) is 9.98 Å².